The Hall–Kier alpha value is -2.36. The number of aromatic nitrogens is 3. The Labute approximate surface area is 105 Å². The third-order valence-corrected chi connectivity index (χ3v) is 2.94. The highest BCUT2D eigenvalue weighted by Gasteiger charge is 2.07. The fraction of sp³-hybridized carbons (Fsp3) is 0.143. The first-order valence-corrected chi connectivity index (χ1v) is 5.90. The fourth-order valence-corrected chi connectivity index (χ4v) is 1.97. The summed E-state index contributed by atoms with van der Waals surface area (Å²) in [5.74, 6) is 0.979. The van der Waals surface area contributed by atoms with Crippen LogP contribution in [0.2, 0.25) is 0 Å². The number of benzene rings is 1. The molecule has 2 heterocycles. The van der Waals surface area contributed by atoms with Gasteiger partial charge in [-0.1, -0.05) is 18.2 Å². The molecule has 1 aromatic carbocycles. The molecule has 0 aliphatic carbocycles. The summed E-state index contributed by atoms with van der Waals surface area (Å²) in [6.07, 6.45) is 1.79. The standard InChI is InChI=1S/C14H14N4/c1-18-13(10-16-11-6-3-2-4-7-11)17-12-8-5-9-15-14(12)18/h2-9,16H,10H2,1H3. The first-order chi connectivity index (χ1) is 8.84. The largest absolute Gasteiger partial charge is 0.378 e. The Morgan fingerprint density at radius 2 is 1.94 bits per heavy atom. The molecule has 3 aromatic rings. The van der Waals surface area contributed by atoms with Crippen molar-refractivity contribution in [2.24, 2.45) is 7.05 Å². The maximum atomic E-state index is 4.57. The number of hydrogen-bond acceptors (Lipinski definition) is 3. The van der Waals surface area contributed by atoms with Gasteiger partial charge in [0.05, 0.1) is 6.54 Å². The van der Waals surface area contributed by atoms with Crippen LogP contribution in [0.4, 0.5) is 5.69 Å². The van der Waals surface area contributed by atoms with E-state index in [1.807, 2.05) is 54.1 Å². The highest BCUT2D eigenvalue weighted by atomic mass is 15.1. The van der Waals surface area contributed by atoms with Crippen molar-refractivity contribution in [3.05, 3.63) is 54.5 Å². The smallest absolute Gasteiger partial charge is 0.159 e. The van der Waals surface area contributed by atoms with Gasteiger partial charge in [0, 0.05) is 18.9 Å². The van der Waals surface area contributed by atoms with Gasteiger partial charge in [-0.05, 0) is 24.3 Å². The Morgan fingerprint density at radius 3 is 2.72 bits per heavy atom. The van der Waals surface area contributed by atoms with E-state index in [2.05, 4.69) is 15.3 Å². The van der Waals surface area contributed by atoms with E-state index in [-0.39, 0.29) is 0 Å². The van der Waals surface area contributed by atoms with E-state index in [0.717, 1.165) is 22.7 Å². The molecule has 18 heavy (non-hydrogen) atoms. The van der Waals surface area contributed by atoms with Gasteiger partial charge >= 0.3 is 0 Å². The molecule has 0 radical (unpaired) electrons. The molecular weight excluding hydrogens is 224 g/mol. The average Bonchev–Trinajstić information content (AvgIpc) is 2.75. The molecule has 0 unspecified atom stereocenters. The normalized spacial score (nSPS) is 10.7. The number of para-hydroxylation sites is 1. The third kappa shape index (κ3) is 1.93. The number of rotatable bonds is 3. The van der Waals surface area contributed by atoms with Crippen LogP contribution in [-0.2, 0) is 13.6 Å². The van der Waals surface area contributed by atoms with Crippen LogP contribution in [0.5, 0.6) is 0 Å². The van der Waals surface area contributed by atoms with Crippen molar-refractivity contribution >= 4 is 16.9 Å². The number of nitrogens with one attached hydrogen (secondary N) is 1. The lowest BCUT2D eigenvalue weighted by Gasteiger charge is -2.05. The Kier molecular flexibility index (Phi) is 2.68. The van der Waals surface area contributed by atoms with Gasteiger partial charge in [-0.15, -0.1) is 0 Å². The minimum absolute atomic E-state index is 0.691. The number of aryl methyl sites for hydroxylation is 1. The third-order valence-electron chi connectivity index (χ3n) is 2.94. The van der Waals surface area contributed by atoms with Crippen molar-refractivity contribution in [2.45, 2.75) is 6.54 Å². The molecule has 0 fully saturated rings. The van der Waals surface area contributed by atoms with Crippen LogP contribution in [0.1, 0.15) is 5.82 Å². The van der Waals surface area contributed by atoms with Crippen molar-refractivity contribution in [1.29, 1.82) is 0 Å². The van der Waals surface area contributed by atoms with Crippen LogP contribution >= 0.6 is 0 Å². The molecule has 0 amide bonds. The second kappa shape index (κ2) is 4.49. The molecule has 0 spiro atoms. The number of pyridine rings is 1. The van der Waals surface area contributed by atoms with Gasteiger partial charge in [0.15, 0.2) is 5.65 Å². The maximum Gasteiger partial charge on any atom is 0.159 e. The zero-order valence-corrected chi connectivity index (χ0v) is 10.2. The zero-order chi connectivity index (χ0) is 12.4. The second-order valence-corrected chi connectivity index (χ2v) is 4.15. The van der Waals surface area contributed by atoms with Gasteiger partial charge in [-0.2, -0.15) is 0 Å². The molecule has 0 atom stereocenters. The summed E-state index contributed by atoms with van der Waals surface area (Å²) in [5, 5.41) is 3.35. The average molecular weight is 238 g/mol. The van der Waals surface area contributed by atoms with Crippen LogP contribution in [0.25, 0.3) is 11.2 Å². The van der Waals surface area contributed by atoms with E-state index in [4.69, 9.17) is 0 Å². The number of anilines is 1. The summed E-state index contributed by atoms with van der Waals surface area (Å²) in [6.45, 7) is 0.691. The Balaban J connectivity index is 1.85. The minimum atomic E-state index is 0.691. The molecule has 0 aliphatic heterocycles. The molecule has 2 aromatic heterocycles. The number of imidazole rings is 1. The molecular formula is C14H14N4. The van der Waals surface area contributed by atoms with Crippen LogP contribution in [0, 0.1) is 0 Å². The van der Waals surface area contributed by atoms with Gasteiger partial charge in [-0.25, -0.2) is 9.97 Å². The first-order valence-electron chi connectivity index (χ1n) is 5.90. The van der Waals surface area contributed by atoms with Crippen molar-refractivity contribution in [3.8, 4) is 0 Å². The van der Waals surface area contributed by atoms with Gasteiger partial charge in [0.25, 0.3) is 0 Å². The second-order valence-electron chi connectivity index (χ2n) is 4.15. The molecule has 4 nitrogen and oxygen atoms in total. The van der Waals surface area contributed by atoms with Crippen molar-refractivity contribution in [1.82, 2.24) is 14.5 Å². The molecule has 4 heteroatoms. The van der Waals surface area contributed by atoms with Gasteiger partial charge in [0.2, 0.25) is 0 Å². The first kappa shape index (κ1) is 10.8. The maximum absolute atomic E-state index is 4.57. The quantitative estimate of drug-likeness (QED) is 0.762. The summed E-state index contributed by atoms with van der Waals surface area (Å²) >= 11 is 0. The summed E-state index contributed by atoms with van der Waals surface area (Å²) < 4.78 is 2.02. The van der Waals surface area contributed by atoms with Crippen molar-refractivity contribution in [3.63, 3.8) is 0 Å². The molecule has 0 saturated heterocycles. The lowest BCUT2D eigenvalue weighted by molar-refractivity contribution is 0.826. The van der Waals surface area contributed by atoms with Crippen LogP contribution < -0.4 is 5.32 Å². The molecule has 1 N–H and O–H groups in total. The molecule has 90 valence electrons. The predicted octanol–water partition coefficient (Wildman–Crippen LogP) is 2.58. The summed E-state index contributed by atoms with van der Waals surface area (Å²) in [6, 6.07) is 14.0. The lowest BCUT2D eigenvalue weighted by atomic mass is 10.3. The van der Waals surface area contributed by atoms with Crippen molar-refractivity contribution in [2.75, 3.05) is 5.32 Å². The zero-order valence-electron chi connectivity index (χ0n) is 10.2. The SMILES string of the molecule is Cn1c(CNc2ccccc2)nc2cccnc21. The van der Waals surface area contributed by atoms with Crippen LogP contribution in [0.3, 0.4) is 0 Å². The van der Waals surface area contributed by atoms with E-state index >= 15 is 0 Å². The molecule has 0 bridgehead atoms. The summed E-state index contributed by atoms with van der Waals surface area (Å²) in [7, 11) is 1.99. The van der Waals surface area contributed by atoms with E-state index in [0.29, 0.717) is 6.54 Å². The van der Waals surface area contributed by atoms with Crippen molar-refractivity contribution < 1.29 is 0 Å². The number of hydrogen-bond donors (Lipinski definition) is 1. The van der Waals surface area contributed by atoms with Gasteiger partial charge in [0.1, 0.15) is 11.3 Å². The van der Waals surface area contributed by atoms with E-state index in [9.17, 15) is 0 Å². The van der Waals surface area contributed by atoms with Gasteiger partial charge < -0.3 is 9.88 Å². The molecule has 0 saturated carbocycles. The van der Waals surface area contributed by atoms with Gasteiger partial charge in [-0.3, -0.25) is 0 Å². The topological polar surface area (TPSA) is 42.7 Å². The molecule has 0 aliphatic rings. The Morgan fingerprint density at radius 1 is 1.11 bits per heavy atom. The van der Waals surface area contributed by atoms with E-state index in [1.54, 1.807) is 6.20 Å². The predicted molar refractivity (Wildman–Crippen MR) is 72.3 cm³/mol. The van der Waals surface area contributed by atoms with Crippen LogP contribution in [-0.4, -0.2) is 14.5 Å². The van der Waals surface area contributed by atoms with Crippen LogP contribution in [0.15, 0.2) is 48.7 Å². The summed E-state index contributed by atoms with van der Waals surface area (Å²) in [4.78, 5) is 8.89. The highest BCUT2D eigenvalue weighted by molar-refractivity contribution is 5.71. The lowest BCUT2D eigenvalue weighted by Crippen LogP contribution is -2.05. The Bertz CT molecular complexity index is 658. The number of fused-ring (bicyclic) bond motifs is 1. The van der Waals surface area contributed by atoms with E-state index in [1.165, 1.54) is 0 Å². The monoisotopic (exact) mass is 238 g/mol. The molecule has 3 rings (SSSR count). The summed E-state index contributed by atoms with van der Waals surface area (Å²) in [5.41, 5.74) is 2.95. The minimum Gasteiger partial charge on any atom is -0.378 e. The highest BCUT2D eigenvalue weighted by Crippen LogP contribution is 2.13. The van der Waals surface area contributed by atoms with E-state index < -0.39 is 0 Å². The number of nitrogens with zero attached hydrogens (tertiary/aromatic N) is 3. The fourth-order valence-electron chi connectivity index (χ4n) is 1.97.